The van der Waals surface area contributed by atoms with E-state index in [0.29, 0.717) is 5.56 Å². The average molecular weight is 305 g/mol. The Balaban J connectivity index is 1.69. The maximum Gasteiger partial charge on any atom is 0.226 e. The Morgan fingerprint density at radius 3 is 2.73 bits per heavy atom. The van der Waals surface area contributed by atoms with E-state index < -0.39 is 11.6 Å². The minimum absolute atomic E-state index is 0.00127. The topological polar surface area (TPSA) is 33.5 Å². The molecule has 1 saturated carbocycles. The van der Waals surface area contributed by atoms with Crippen molar-refractivity contribution in [2.24, 2.45) is 5.92 Å². The van der Waals surface area contributed by atoms with Gasteiger partial charge in [-0.2, -0.15) is 0 Å². The standard InChI is InChI=1S/C17H17F2NO2/c1-10(11-5-6-14(18)15(19)8-11)20(2)17(21)13-9-12(13)16-4-3-7-22-16/h3-8,10,12-13H,9H2,1-2H3. The summed E-state index contributed by atoms with van der Waals surface area (Å²) >= 11 is 0. The van der Waals surface area contributed by atoms with Crippen LogP contribution in [0.15, 0.2) is 41.0 Å². The van der Waals surface area contributed by atoms with E-state index in [1.54, 1.807) is 25.1 Å². The molecular formula is C17H17F2NO2. The normalized spacial score (nSPS) is 21.5. The van der Waals surface area contributed by atoms with E-state index >= 15 is 0 Å². The molecule has 2 aromatic rings. The molecule has 0 saturated heterocycles. The van der Waals surface area contributed by atoms with Gasteiger partial charge in [0, 0.05) is 18.9 Å². The van der Waals surface area contributed by atoms with Crippen LogP contribution in [0.2, 0.25) is 0 Å². The predicted molar refractivity (Wildman–Crippen MR) is 77.1 cm³/mol. The second-order valence-corrected chi connectivity index (χ2v) is 5.76. The Morgan fingerprint density at radius 2 is 2.09 bits per heavy atom. The monoisotopic (exact) mass is 305 g/mol. The summed E-state index contributed by atoms with van der Waals surface area (Å²) in [5.74, 6) is -0.924. The first-order chi connectivity index (χ1) is 10.5. The minimum atomic E-state index is -0.898. The van der Waals surface area contributed by atoms with Crippen molar-refractivity contribution < 1.29 is 18.0 Å². The van der Waals surface area contributed by atoms with Crippen LogP contribution in [-0.2, 0) is 4.79 Å². The molecule has 3 unspecified atom stereocenters. The highest BCUT2D eigenvalue weighted by atomic mass is 19.2. The van der Waals surface area contributed by atoms with E-state index in [1.165, 1.54) is 6.07 Å². The fourth-order valence-corrected chi connectivity index (χ4v) is 2.73. The summed E-state index contributed by atoms with van der Waals surface area (Å²) in [6.45, 7) is 1.80. The molecule has 0 spiro atoms. The maximum atomic E-state index is 13.3. The van der Waals surface area contributed by atoms with Crippen molar-refractivity contribution in [3.8, 4) is 0 Å². The van der Waals surface area contributed by atoms with Crippen molar-refractivity contribution in [3.05, 3.63) is 59.6 Å². The molecule has 0 radical (unpaired) electrons. The Kier molecular flexibility index (Phi) is 3.72. The number of carbonyl (C=O) groups excluding carboxylic acids is 1. The number of benzene rings is 1. The van der Waals surface area contributed by atoms with E-state index in [4.69, 9.17) is 4.42 Å². The quantitative estimate of drug-likeness (QED) is 0.859. The number of halogens is 2. The molecule has 22 heavy (non-hydrogen) atoms. The molecule has 3 nitrogen and oxygen atoms in total. The molecule has 3 atom stereocenters. The van der Waals surface area contributed by atoms with Crippen molar-refractivity contribution in [3.63, 3.8) is 0 Å². The fourth-order valence-electron chi connectivity index (χ4n) is 2.73. The number of hydrogen-bond acceptors (Lipinski definition) is 2. The fraction of sp³-hybridized carbons (Fsp3) is 0.353. The number of carbonyl (C=O) groups is 1. The molecule has 116 valence electrons. The highest BCUT2D eigenvalue weighted by Gasteiger charge is 2.47. The smallest absolute Gasteiger partial charge is 0.226 e. The molecular weight excluding hydrogens is 288 g/mol. The number of furan rings is 1. The molecule has 0 aliphatic heterocycles. The largest absolute Gasteiger partial charge is 0.469 e. The molecule has 5 heteroatoms. The molecule has 1 aromatic heterocycles. The van der Waals surface area contributed by atoms with E-state index in [9.17, 15) is 13.6 Å². The van der Waals surface area contributed by atoms with Crippen molar-refractivity contribution in [2.45, 2.75) is 25.3 Å². The molecule has 0 bridgehead atoms. The summed E-state index contributed by atoms with van der Waals surface area (Å²) in [6.07, 6.45) is 2.37. The number of rotatable bonds is 4. The molecule has 3 rings (SSSR count). The average Bonchev–Trinajstić information content (AvgIpc) is 3.13. The zero-order chi connectivity index (χ0) is 15.9. The zero-order valence-electron chi connectivity index (χ0n) is 12.4. The second-order valence-electron chi connectivity index (χ2n) is 5.76. The van der Waals surface area contributed by atoms with Gasteiger partial charge in [0.1, 0.15) is 5.76 Å². The Labute approximate surface area is 127 Å². The van der Waals surface area contributed by atoms with Gasteiger partial charge in [-0.3, -0.25) is 4.79 Å². The minimum Gasteiger partial charge on any atom is -0.469 e. The van der Waals surface area contributed by atoms with Gasteiger partial charge < -0.3 is 9.32 Å². The van der Waals surface area contributed by atoms with Crippen LogP contribution in [0.25, 0.3) is 0 Å². The first-order valence-electron chi connectivity index (χ1n) is 7.24. The first kappa shape index (κ1) is 14.8. The van der Waals surface area contributed by atoms with Crippen LogP contribution in [-0.4, -0.2) is 17.9 Å². The van der Waals surface area contributed by atoms with Crippen LogP contribution in [0.4, 0.5) is 8.78 Å². The van der Waals surface area contributed by atoms with Crippen LogP contribution in [0.1, 0.15) is 36.6 Å². The first-order valence-corrected chi connectivity index (χ1v) is 7.24. The highest BCUT2D eigenvalue weighted by Crippen LogP contribution is 2.49. The molecule has 1 aliphatic rings. The molecule has 1 fully saturated rings. The summed E-state index contributed by atoms with van der Waals surface area (Å²) in [5, 5.41) is 0. The summed E-state index contributed by atoms with van der Waals surface area (Å²) in [4.78, 5) is 14.1. The predicted octanol–water partition coefficient (Wildman–Crippen LogP) is 3.88. The lowest BCUT2D eigenvalue weighted by Gasteiger charge is -2.25. The molecule has 1 aromatic carbocycles. The summed E-state index contributed by atoms with van der Waals surface area (Å²) < 4.78 is 31.7. The summed E-state index contributed by atoms with van der Waals surface area (Å²) in [6, 6.07) is 7.09. The number of hydrogen-bond donors (Lipinski definition) is 0. The van der Waals surface area contributed by atoms with Crippen molar-refractivity contribution in [2.75, 3.05) is 7.05 Å². The Hall–Kier alpha value is -2.17. The third-order valence-electron chi connectivity index (χ3n) is 4.37. The summed E-state index contributed by atoms with van der Waals surface area (Å²) in [5.41, 5.74) is 0.574. The third kappa shape index (κ3) is 2.63. The van der Waals surface area contributed by atoms with Crippen LogP contribution < -0.4 is 0 Å². The zero-order valence-corrected chi connectivity index (χ0v) is 12.4. The lowest BCUT2D eigenvalue weighted by molar-refractivity contribution is -0.133. The van der Waals surface area contributed by atoms with Gasteiger partial charge in [-0.1, -0.05) is 6.07 Å². The van der Waals surface area contributed by atoms with Crippen molar-refractivity contribution in [1.29, 1.82) is 0 Å². The summed E-state index contributed by atoms with van der Waals surface area (Å²) in [7, 11) is 1.69. The van der Waals surface area contributed by atoms with Gasteiger partial charge >= 0.3 is 0 Å². The SMILES string of the molecule is CC(c1ccc(F)c(F)c1)N(C)C(=O)C1CC1c1ccco1. The van der Waals surface area contributed by atoms with Gasteiger partial charge in [-0.05, 0) is 43.2 Å². The van der Waals surface area contributed by atoms with Crippen LogP contribution in [0.3, 0.4) is 0 Å². The van der Waals surface area contributed by atoms with Gasteiger partial charge in [0.05, 0.1) is 12.3 Å². The van der Waals surface area contributed by atoms with Gasteiger partial charge in [0.15, 0.2) is 11.6 Å². The Morgan fingerprint density at radius 1 is 1.32 bits per heavy atom. The van der Waals surface area contributed by atoms with Gasteiger partial charge in [-0.15, -0.1) is 0 Å². The van der Waals surface area contributed by atoms with Gasteiger partial charge in [0.2, 0.25) is 5.91 Å². The number of nitrogens with zero attached hydrogens (tertiary/aromatic N) is 1. The van der Waals surface area contributed by atoms with Crippen molar-refractivity contribution in [1.82, 2.24) is 4.90 Å². The van der Waals surface area contributed by atoms with E-state index in [2.05, 4.69) is 0 Å². The number of amides is 1. The lowest BCUT2D eigenvalue weighted by atomic mass is 10.1. The maximum absolute atomic E-state index is 13.3. The molecule has 0 N–H and O–H groups in total. The highest BCUT2D eigenvalue weighted by molar-refractivity contribution is 5.83. The van der Waals surface area contributed by atoms with Gasteiger partial charge in [0.25, 0.3) is 0 Å². The van der Waals surface area contributed by atoms with Gasteiger partial charge in [-0.25, -0.2) is 8.78 Å². The van der Waals surface area contributed by atoms with Crippen LogP contribution in [0.5, 0.6) is 0 Å². The second kappa shape index (κ2) is 5.55. The van der Waals surface area contributed by atoms with E-state index in [1.807, 2.05) is 12.1 Å². The van der Waals surface area contributed by atoms with E-state index in [-0.39, 0.29) is 23.8 Å². The van der Waals surface area contributed by atoms with E-state index in [0.717, 1.165) is 24.3 Å². The Bertz CT molecular complexity index is 684. The molecule has 1 amide bonds. The van der Waals surface area contributed by atoms with Crippen LogP contribution >= 0.6 is 0 Å². The molecule has 1 heterocycles. The molecule has 1 aliphatic carbocycles. The lowest BCUT2D eigenvalue weighted by Crippen LogP contribution is -2.31. The van der Waals surface area contributed by atoms with Crippen LogP contribution in [0, 0.1) is 17.6 Å². The van der Waals surface area contributed by atoms with Crippen molar-refractivity contribution >= 4 is 5.91 Å². The third-order valence-corrected chi connectivity index (χ3v) is 4.37.